The summed E-state index contributed by atoms with van der Waals surface area (Å²) in [5.74, 6) is 0.759. The fraction of sp³-hybridized carbons (Fsp3) is 0.250. The summed E-state index contributed by atoms with van der Waals surface area (Å²) in [7, 11) is 3.87. The summed E-state index contributed by atoms with van der Waals surface area (Å²) in [6.45, 7) is 3.43. The first-order valence-electron chi connectivity index (χ1n) is 9.80. The molecule has 0 unspecified atom stereocenters. The molecule has 3 aromatic rings. The van der Waals surface area contributed by atoms with Gasteiger partial charge < -0.3 is 9.80 Å². The Hall–Kier alpha value is -2.92. The molecule has 0 bridgehead atoms. The number of carbonyl (C=O) groups is 1. The quantitative estimate of drug-likeness (QED) is 0.607. The Labute approximate surface area is 176 Å². The molecule has 0 saturated heterocycles. The summed E-state index contributed by atoms with van der Waals surface area (Å²) in [6.07, 6.45) is 3.04. The normalized spacial score (nSPS) is 13.9. The Bertz CT molecular complexity index is 1050. The van der Waals surface area contributed by atoms with Gasteiger partial charge in [-0.1, -0.05) is 36.4 Å². The minimum absolute atomic E-state index is 0.0403. The van der Waals surface area contributed by atoms with Crippen molar-refractivity contribution in [1.82, 2.24) is 9.88 Å². The number of thiophene rings is 1. The van der Waals surface area contributed by atoms with Crippen LogP contribution < -0.4 is 4.90 Å². The van der Waals surface area contributed by atoms with Gasteiger partial charge in [-0.15, -0.1) is 11.3 Å². The van der Waals surface area contributed by atoms with Gasteiger partial charge in [-0.2, -0.15) is 0 Å². The second kappa shape index (κ2) is 8.21. The van der Waals surface area contributed by atoms with Gasteiger partial charge in [-0.3, -0.25) is 4.79 Å². The van der Waals surface area contributed by atoms with Gasteiger partial charge in [0.05, 0.1) is 16.1 Å². The second-order valence-corrected chi connectivity index (χ2v) is 8.46. The highest BCUT2D eigenvalue weighted by Crippen LogP contribution is 2.30. The van der Waals surface area contributed by atoms with Crippen LogP contribution >= 0.6 is 11.3 Å². The minimum atomic E-state index is 0.0403. The summed E-state index contributed by atoms with van der Waals surface area (Å²) in [5.41, 5.74) is 5.35. The predicted molar refractivity (Wildman–Crippen MR) is 122 cm³/mol. The zero-order chi connectivity index (χ0) is 20.4. The van der Waals surface area contributed by atoms with Gasteiger partial charge in [0.25, 0.3) is 5.91 Å². The maximum absolute atomic E-state index is 13.3. The predicted octanol–water partition coefficient (Wildman–Crippen LogP) is 5.11. The summed E-state index contributed by atoms with van der Waals surface area (Å²) >= 11 is 1.68. The summed E-state index contributed by atoms with van der Waals surface area (Å²) in [6, 6.07) is 16.4. The Morgan fingerprint density at radius 2 is 1.93 bits per heavy atom. The van der Waals surface area contributed by atoms with Crippen molar-refractivity contribution in [3.8, 4) is 10.6 Å². The number of hydrogen-bond acceptors (Lipinski definition) is 4. The van der Waals surface area contributed by atoms with E-state index in [1.54, 1.807) is 11.3 Å². The molecule has 0 radical (unpaired) electrons. The molecule has 1 aromatic carbocycles. The van der Waals surface area contributed by atoms with Crippen molar-refractivity contribution in [2.24, 2.45) is 0 Å². The molecule has 3 heterocycles. The van der Waals surface area contributed by atoms with E-state index >= 15 is 0 Å². The van der Waals surface area contributed by atoms with Crippen LogP contribution in [-0.2, 0) is 0 Å². The minimum Gasteiger partial charge on any atom is -0.362 e. The third kappa shape index (κ3) is 4.10. The van der Waals surface area contributed by atoms with Gasteiger partial charge in [-0.25, -0.2) is 4.98 Å². The summed E-state index contributed by atoms with van der Waals surface area (Å²) in [5, 5.41) is 2.12. The zero-order valence-corrected chi connectivity index (χ0v) is 17.9. The first-order valence-corrected chi connectivity index (χ1v) is 10.7. The lowest BCUT2D eigenvalue weighted by Crippen LogP contribution is -2.35. The van der Waals surface area contributed by atoms with Crippen LogP contribution in [-0.4, -0.2) is 43.0 Å². The first kappa shape index (κ1) is 19.4. The number of anilines is 1. The molecule has 5 heteroatoms. The van der Waals surface area contributed by atoms with Gasteiger partial charge in [0.1, 0.15) is 5.82 Å². The SMILES string of the molecule is Cc1csc(-c2ccc(C(=O)N3CC=C(c4ccccc4)CC3)c(N(C)C)n2)c1. The average molecular weight is 404 g/mol. The van der Waals surface area contributed by atoms with E-state index in [9.17, 15) is 4.79 Å². The van der Waals surface area contributed by atoms with Crippen molar-refractivity contribution in [3.63, 3.8) is 0 Å². The zero-order valence-electron chi connectivity index (χ0n) is 17.1. The van der Waals surface area contributed by atoms with E-state index in [1.807, 2.05) is 42.1 Å². The monoisotopic (exact) mass is 403 g/mol. The van der Waals surface area contributed by atoms with Crippen LogP contribution in [0.4, 0.5) is 5.82 Å². The van der Waals surface area contributed by atoms with Gasteiger partial charge in [-0.05, 0) is 53.6 Å². The lowest BCUT2D eigenvalue weighted by Gasteiger charge is -2.28. The van der Waals surface area contributed by atoms with Crippen LogP contribution in [0.1, 0.15) is 27.9 Å². The number of aromatic nitrogens is 1. The molecule has 0 spiro atoms. The second-order valence-electron chi connectivity index (χ2n) is 7.55. The van der Waals surface area contributed by atoms with Gasteiger partial charge in [0.15, 0.2) is 0 Å². The number of benzene rings is 1. The molecule has 148 valence electrons. The first-order chi connectivity index (χ1) is 14.0. The van der Waals surface area contributed by atoms with Crippen LogP contribution in [0, 0.1) is 6.92 Å². The molecule has 29 heavy (non-hydrogen) atoms. The topological polar surface area (TPSA) is 36.4 Å². The summed E-state index contributed by atoms with van der Waals surface area (Å²) < 4.78 is 0. The van der Waals surface area contributed by atoms with E-state index in [2.05, 4.69) is 48.7 Å². The van der Waals surface area contributed by atoms with Crippen LogP contribution in [0.5, 0.6) is 0 Å². The highest BCUT2D eigenvalue weighted by Gasteiger charge is 2.23. The molecule has 0 saturated carbocycles. The largest absolute Gasteiger partial charge is 0.362 e. The molecule has 0 fully saturated rings. The molecule has 0 N–H and O–H groups in total. The van der Waals surface area contributed by atoms with Crippen molar-refractivity contribution in [1.29, 1.82) is 0 Å². The molecule has 2 aromatic heterocycles. The Balaban J connectivity index is 1.58. The smallest absolute Gasteiger partial charge is 0.257 e. The number of hydrogen-bond donors (Lipinski definition) is 0. The number of carbonyl (C=O) groups excluding carboxylic acids is 1. The number of rotatable bonds is 4. The number of nitrogens with zero attached hydrogens (tertiary/aromatic N) is 3. The highest BCUT2D eigenvalue weighted by atomic mass is 32.1. The van der Waals surface area contributed by atoms with E-state index in [-0.39, 0.29) is 5.91 Å². The Morgan fingerprint density at radius 3 is 2.55 bits per heavy atom. The van der Waals surface area contributed by atoms with E-state index in [4.69, 9.17) is 4.98 Å². The van der Waals surface area contributed by atoms with Gasteiger partial charge in [0.2, 0.25) is 0 Å². The molecule has 0 atom stereocenters. The van der Waals surface area contributed by atoms with Crippen molar-refractivity contribution in [2.45, 2.75) is 13.3 Å². The fourth-order valence-corrected chi connectivity index (χ4v) is 4.47. The van der Waals surface area contributed by atoms with Crippen LogP contribution in [0.2, 0.25) is 0 Å². The van der Waals surface area contributed by atoms with E-state index < -0.39 is 0 Å². The third-order valence-electron chi connectivity index (χ3n) is 5.15. The van der Waals surface area contributed by atoms with Crippen LogP contribution in [0.15, 0.2) is 60.0 Å². The van der Waals surface area contributed by atoms with Crippen molar-refractivity contribution >= 4 is 28.6 Å². The number of amides is 1. The van der Waals surface area contributed by atoms with Gasteiger partial charge >= 0.3 is 0 Å². The van der Waals surface area contributed by atoms with Crippen LogP contribution in [0.25, 0.3) is 16.1 Å². The van der Waals surface area contributed by atoms with Crippen molar-refractivity contribution in [3.05, 3.63) is 76.7 Å². The average Bonchev–Trinajstić information content (AvgIpc) is 3.20. The molecule has 1 amide bonds. The lowest BCUT2D eigenvalue weighted by molar-refractivity contribution is 0.0773. The molecule has 4 nitrogen and oxygen atoms in total. The van der Waals surface area contributed by atoms with Crippen LogP contribution in [0.3, 0.4) is 0 Å². The maximum atomic E-state index is 13.3. The van der Waals surface area contributed by atoms with Crippen molar-refractivity contribution in [2.75, 3.05) is 32.1 Å². The number of pyridine rings is 1. The molecular formula is C24H25N3OS. The molecular weight excluding hydrogens is 378 g/mol. The maximum Gasteiger partial charge on any atom is 0.257 e. The lowest BCUT2D eigenvalue weighted by atomic mass is 9.99. The number of aryl methyl sites for hydroxylation is 1. The molecule has 1 aliphatic rings. The summed E-state index contributed by atoms with van der Waals surface area (Å²) in [4.78, 5) is 23.0. The molecule has 0 aliphatic carbocycles. The Morgan fingerprint density at radius 1 is 1.14 bits per heavy atom. The van der Waals surface area contributed by atoms with Gasteiger partial charge in [0, 0.05) is 27.2 Å². The highest BCUT2D eigenvalue weighted by molar-refractivity contribution is 7.13. The standard InChI is InChI=1S/C24H25N3OS/c1-17-15-22(29-16-17)21-10-9-20(23(25-21)26(2)3)24(28)27-13-11-19(12-14-27)18-7-5-4-6-8-18/h4-11,15-16H,12-14H2,1-3H3. The third-order valence-corrected chi connectivity index (χ3v) is 6.22. The van der Waals surface area contributed by atoms with E-state index in [0.29, 0.717) is 12.1 Å². The molecule has 4 rings (SSSR count). The van der Waals surface area contributed by atoms with Crippen molar-refractivity contribution < 1.29 is 4.79 Å². The van der Waals surface area contributed by atoms with E-state index in [0.717, 1.165) is 29.4 Å². The Kier molecular flexibility index (Phi) is 5.49. The fourth-order valence-electron chi connectivity index (χ4n) is 3.60. The van der Waals surface area contributed by atoms with E-state index in [1.165, 1.54) is 16.7 Å². The molecule has 1 aliphatic heterocycles.